The second-order valence-electron chi connectivity index (χ2n) is 5.58. The molecule has 2 fully saturated rings. The molecular weight excluding hydrogens is 278 g/mol. The van der Waals surface area contributed by atoms with E-state index in [0.29, 0.717) is 42.3 Å². The molecule has 3 rings (SSSR count). The van der Waals surface area contributed by atoms with Crippen molar-refractivity contribution in [1.29, 1.82) is 0 Å². The van der Waals surface area contributed by atoms with Crippen LogP contribution in [-0.4, -0.2) is 44.6 Å². The Balaban J connectivity index is 1.78. The van der Waals surface area contributed by atoms with Gasteiger partial charge in [-0.05, 0) is 35.4 Å². The summed E-state index contributed by atoms with van der Waals surface area (Å²) in [6, 6.07) is 6.90. The zero-order chi connectivity index (χ0) is 14.3. The largest absolute Gasteiger partial charge is 0.396 e. The zero-order valence-corrected chi connectivity index (χ0v) is 12.2. The number of nitrogens with zero attached hydrogens (tertiary/aromatic N) is 1. The van der Waals surface area contributed by atoms with Crippen LogP contribution in [0.25, 0.3) is 0 Å². The first kappa shape index (κ1) is 14.0. The van der Waals surface area contributed by atoms with Crippen molar-refractivity contribution in [3.8, 4) is 0 Å². The Hall–Kier alpha value is -0.950. The summed E-state index contributed by atoms with van der Waals surface area (Å²) in [6.07, 6.45) is 0. The Morgan fingerprint density at radius 1 is 1.35 bits per heavy atom. The average molecular weight is 297 g/mol. The topological polar surface area (TPSA) is 66.8 Å². The summed E-state index contributed by atoms with van der Waals surface area (Å²) >= 11 is 0. The highest BCUT2D eigenvalue weighted by molar-refractivity contribution is 7.89. The summed E-state index contributed by atoms with van der Waals surface area (Å²) in [4.78, 5) is 0.328. The van der Waals surface area contributed by atoms with Gasteiger partial charge in [0.2, 0.25) is 10.0 Å². The molecule has 3 atom stereocenters. The molecule has 1 aliphatic heterocycles. The molecule has 0 radical (unpaired) electrons. The fourth-order valence-electron chi connectivity index (χ4n) is 3.19. The summed E-state index contributed by atoms with van der Waals surface area (Å²) in [6.45, 7) is 1.65. The van der Waals surface area contributed by atoms with Gasteiger partial charge in [0.15, 0.2) is 0 Å². The lowest BCUT2D eigenvalue weighted by atomic mass is 10.2. The molecule has 1 unspecified atom stereocenters. The number of aliphatic hydroxyl groups excluding tert-OH is 1. The van der Waals surface area contributed by atoms with Crippen molar-refractivity contribution in [2.45, 2.75) is 11.5 Å². The van der Waals surface area contributed by atoms with Gasteiger partial charge in [0.1, 0.15) is 0 Å². The van der Waals surface area contributed by atoms with Crippen molar-refractivity contribution in [1.82, 2.24) is 4.31 Å². The van der Waals surface area contributed by atoms with Gasteiger partial charge in [-0.2, -0.15) is 4.31 Å². The van der Waals surface area contributed by atoms with Crippen LogP contribution < -0.4 is 0 Å². The van der Waals surface area contributed by atoms with Gasteiger partial charge in [-0.25, -0.2) is 8.42 Å². The maximum absolute atomic E-state index is 12.6. The Bertz CT molecular complexity index is 589. The standard InChI is InChI=1S/C14H19NO4S/c1-19-9-10-3-2-4-11(5-10)20(17,18)15-6-12-13(7-15)14(12)8-16/h2-5,12-14,16H,6-9H2,1H3/t12-,13+,14?. The Morgan fingerprint density at radius 2 is 2.05 bits per heavy atom. The zero-order valence-electron chi connectivity index (χ0n) is 11.4. The van der Waals surface area contributed by atoms with E-state index in [0.717, 1.165) is 5.56 Å². The first-order valence-corrected chi connectivity index (χ1v) is 8.21. The molecular formula is C14H19NO4S. The number of ether oxygens (including phenoxy) is 1. The van der Waals surface area contributed by atoms with Crippen LogP contribution in [0.15, 0.2) is 29.2 Å². The molecule has 0 bridgehead atoms. The SMILES string of the molecule is COCc1cccc(S(=O)(=O)N2C[C@@H]3C(CO)[C@@H]3C2)c1. The molecule has 6 heteroatoms. The van der Waals surface area contributed by atoms with Gasteiger partial charge in [0, 0.05) is 26.8 Å². The van der Waals surface area contributed by atoms with E-state index in [9.17, 15) is 8.42 Å². The third kappa shape index (κ3) is 2.26. The normalized spacial score (nSPS) is 29.4. The highest BCUT2D eigenvalue weighted by atomic mass is 32.2. The summed E-state index contributed by atoms with van der Waals surface area (Å²) < 4.78 is 31.7. The molecule has 110 valence electrons. The Labute approximate surface area is 119 Å². The number of sulfonamides is 1. The molecule has 0 aromatic heterocycles. The maximum Gasteiger partial charge on any atom is 0.243 e. The predicted octanol–water partition coefficient (Wildman–Crippen LogP) is 0.692. The maximum atomic E-state index is 12.6. The molecule has 1 heterocycles. The van der Waals surface area contributed by atoms with Gasteiger partial charge in [0.25, 0.3) is 0 Å². The van der Waals surface area contributed by atoms with Gasteiger partial charge in [-0.3, -0.25) is 0 Å². The molecule has 20 heavy (non-hydrogen) atoms. The van der Waals surface area contributed by atoms with Crippen molar-refractivity contribution in [2.75, 3.05) is 26.8 Å². The lowest BCUT2D eigenvalue weighted by molar-refractivity contribution is 0.184. The number of benzene rings is 1. The minimum absolute atomic E-state index is 0.173. The minimum atomic E-state index is -3.42. The predicted molar refractivity (Wildman–Crippen MR) is 73.5 cm³/mol. The smallest absolute Gasteiger partial charge is 0.243 e. The number of piperidine rings is 1. The summed E-state index contributed by atoms with van der Waals surface area (Å²) in [5, 5.41) is 9.13. The first-order chi connectivity index (χ1) is 9.57. The number of methoxy groups -OCH3 is 1. The van der Waals surface area contributed by atoms with E-state index >= 15 is 0 Å². The van der Waals surface area contributed by atoms with Crippen LogP contribution >= 0.6 is 0 Å². The summed E-state index contributed by atoms with van der Waals surface area (Å²) in [5.74, 6) is 0.996. The van der Waals surface area contributed by atoms with Gasteiger partial charge in [-0.15, -0.1) is 0 Å². The molecule has 0 amide bonds. The molecule has 1 saturated heterocycles. The van der Waals surface area contributed by atoms with E-state index in [-0.39, 0.29) is 6.61 Å². The Kier molecular flexibility index (Phi) is 3.58. The molecule has 2 aliphatic rings. The van der Waals surface area contributed by atoms with Gasteiger partial charge >= 0.3 is 0 Å². The lowest BCUT2D eigenvalue weighted by Gasteiger charge is -2.19. The monoisotopic (exact) mass is 297 g/mol. The van der Waals surface area contributed by atoms with Crippen LogP contribution in [0.1, 0.15) is 5.56 Å². The second-order valence-corrected chi connectivity index (χ2v) is 7.51. The molecule has 1 saturated carbocycles. The highest BCUT2D eigenvalue weighted by Gasteiger charge is 2.57. The van der Waals surface area contributed by atoms with Crippen LogP contribution in [0.5, 0.6) is 0 Å². The quantitative estimate of drug-likeness (QED) is 0.868. The highest BCUT2D eigenvalue weighted by Crippen LogP contribution is 2.52. The third-order valence-electron chi connectivity index (χ3n) is 4.40. The van der Waals surface area contributed by atoms with Crippen molar-refractivity contribution >= 4 is 10.0 Å². The van der Waals surface area contributed by atoms with Crippen molar-refractivity contribution < 1.29 is 18.3 Å². The van der Waals surface area contributed by atoms with Crippen LogP contribution in [0, 0.1) is 17.8 Å². The molecule has 0 spiro atoms. The van der Waals surface area contributed by atoms with Crippen LogP contribution in [0.4, 0.5) is 0 Å². The Morgan fingerprint density at radius 3 is 2.65 bits per heavy atom. The lowest BCUT2D eigenvalue weighted by Crippen LogP contribution is -2.32. The van der Waals surface area contributed by atoms with Crippen LogP contribution in [-0.2, 0) is 21.4 Å². The summed E-state index contributed by atoms with van der Waals surface area (Å²) in [5.41, 5.74) is 0.853. The third-order valence-corrected chi connectivity index (χ3v) is 6.22. The number of rotatable bonds is 5. The summed E-state index contributed by atoms with van der Waals surface area (Å²) in [7, 11) is -1.83. The molecule has 1 aliphatic carbocycles. The number of hydrogen-bond donors (Lipinski definition) is 1. The molecule has 1 aromatic carbocycles. The van der Waals surface area contributed by atoms with E-state index < -0.39 is 10.0 Å². The van der Waals surface area contributed by atoms with Gasteiger partial charge in [0.05, 0.1) is 11.5 Å². The van der Waals surface area contributed by atoms with E-state index in [1.165, 1.54) is 0 Å². The number of fused-ring (bicyclic) bond motifs is 1. The van der Waals surface area contributed by atoms with Crippen LogP contribution in [0.3, 0.4) is 0 Å². The fraction of sp³-hybridized carbons (Fsp3) is 0.571. The van der Waals surface area contributed by atoms with Crippen LogP contribution in [0.2, 0.25) is 0 Å². The van der Waals surface area contributed by atoms with E-state index in [2.05, 4.69) is 0 Å². The molecule has 5 nitrogen and oxygen atoms in total. The van der Waals surface area contributed by atoms with Crippen molar-refractivity contribution in [3.63, 3.8) is 0 Å². The molecule has 1 N–H and O–H groups in total. The second kappa shape index (κ2) is 5.11. The minimum Gasteiger partial charge on any atom is -0.396 e. The van der Waals surface area contributed by atoms with E-state index in [1.54, 1.807) is 29.6 Å². The molecule has 1 aromatic rings. The number of hydrogen-bond acceptors (Lipinski definition) is 4. The van der Waals surface area contributed by atoms with Crippen molar-refractivity contribution in [2.24, 2.45) is 17.8 Å². The number of aliphatic hydroxyl groups is 1. The van der Waals surface area contributed by atoms with E-state index in [1.807, 2.05) is 6.07 Å². The van der Waals surface area contributed by atoms with Gasteiger partial charge in [-0.1, -0.05) is 12.1 Å². The van der Waals surface area contributed by atoms with E-state index in [4.69, 9.17) is 9.84 Å². The van der Waals surface area contributed by atoms with Crippen molar-refractivity contribution in [3.05, 3.63) is 29.8 Å². The van der Waals surface area contributed by atoms with Gasteiger partial charge < -0.3 is 9.84 Å². The average Bonchev–Trinajstić information content (AvgIpc) is 2.90. The fourth-order valence-corrected chi connectivity index (χ4v) is 4.78. The first-order valence-electron chi connectivity index (χ1n) is 6.77.